The highest BCUT2D eigenvalue weighted by atomic mass is 16.2. The number of imide groups is 1. The van der Waals surface area contributed by atoms with Crippen LogP contribution in [0.3, 0.4) is 0 Å². The Balaban J connectivity index is 2.07. The quantitative estimate of drug-likeness (QED) is 0.0475. The largest absolute Gasteiger partial charge is 0.295 e. The number of unbranched alkanes of at least 4 members (excludes halogenated alkanes) is 28. The predicted octanol–water partition coefficient (Wildman–Crippen LogP) is 12.9. The van der Waals surface area contributed by atoms with Crippen molar-refractivity contribution in [3.8, 4) is 0 Å². The molecule has 250 valence electrons. The third-order valence-electron chi connectivity index (χ3n) is 9.41. The molecule has 0 aromatic heterocycles. The normalized spacial score (nSPS) is 17.2. The SMILES string of the molecule is CCCCCCCCCCCCCCCCC=CC1(C=CCCCCCCCCCCCCCCCC)CC(=O)NC1=O. The van der Waals surface area contributed by atoms with Gasteiger partial charge in [0.15, 0.2) is 0 Å². The molecule has 43 heavy (non-hydrogen) atoms. The molecule has 1 N–H and O–H groups in total. The molecule has 0 aromatic rings. The van der Waals surface area contributed by atoms with Gasteiger partial charge in [-0.3, -0.25) is 14.9 Å². The lowest BCUT2D eigenvalue weighted by molar-refractivity contribution is -0.126. The van der Waals surface area contributed by atoms with Gasteiger partial charge in [0.1, 0.15) is 0 Å². The highest BCUT2D eigenvalue weighted by Gasteiger charge is 2.42. The van der Waals surface area contributed by atoms with Gasteiger partial charge < -0.3 is 0 Å². The van der Waals surface area contributed by atoms with E-state index in [0.717, 1.165) is 12.8 Å². The van der Waals surface area contributed by atoms with Gasteiger partial charge in [0, 0.05) is 6.42 Å². The average Bonchev–Trinajstić information content (AvgIpc) is 3.28. The van der Waals surface area contributed by atoms with Crippen molar-refractivity contribution in [2.75, 3.05) is 0 Å². The molecule has 0 saturated carbocycles. The lowest BCUT2D eigenvalue weighted by atomic mass is 9.84. The molecule has 0 radical (unpaired) electrons. The molecule has 1 saturated heterocycles. The average molecular weight is 600 g/mol. The van der Waals surface area contributed by atoms with Gasteiger partial charge in [0.05, 0.1) is 5.41 Å². The maximum atomic E-state index is 12.7. The first-order chi connectivity index (χ1) is 21.1. The maximum Gasteiger partial charge on any atom is 0.240 e. The molecule has 0 aromatic carbocycles. The van der Waals surface area contributed by atoms with Crippen LogP contribution < -0.4 is 5.32 Å². The molecule has 1 aliphatic heterocycles. The van der Waals surface area contributed by atoms with E-state index >= 15 is 0 Å². The Bertz CT molecular complexity index is 667. The summed E-state index contributed by atoms with van der Waals surface area (Å²) in [6.45, 7) is 4.57. The van der Waals surface area contributed by atoms with Crippen molar-refractivity contribution in [2.24, 2.45) is 5.41 Å². The Labute approximate surface area is 268 Å². The summed E-state index contributed by atoms with van der Waals surface area (Å²) in [5.41, 5.74) is -0.761. The number of hydrogen-bond acceptors (Lipinski definition) is 2. The maximum absolute atomic E-state index is 12.7. The Morgan fingerprint density at radius 2 is 0.744 bits per heavy atom. The molecular formula is C40H73NO2. The van der Waals surface area contributed by atoms with Crippen LogP contribution in [0.25, 0.3) is 0 Å². The van der Waals surface area contributed by atoms with Gasteiger partial charge in [-0.05, 0) is 25.7 Å². The van der Waals surface area contributed by atoms with Crippen LogP contribution in [0.15, 0.2) is 24.3 Å². The lowest BCUT2D eigenvalue weighted by Gasteiger charge is -2.16. The Hall–Kier alpha value is -1.38. The van der Waals surface area contributed by atoms with Gasteiger partial charge in [0.25, 0.3) is 0 Å². The summed E-state index contributed by atoms with van der Waals surface area (Å²) in [6, 6.07) is 0. The first-order valence-electron chi connectivity index (χ1n) is 19.3. The predicted molar refractivity (Wildman–Crippen MR) is 188 cm³/mol. The topological polar surface area (TPSA) is 46.2 Å². The first-order valence-corrected chi connectivity index (χ1v) is 19.3. The molecule has 0 atom stereocenters. The summed E-state index contributed by atoms with van der Waals surface area (Å²) < 4.78 is 0. The van der Waals surface area contributed by atoms with Crippen LogP contribution in [0, 0.1) is 5.41 Å². The molecule has 1 fully saturated rings. The van der Waals surface area contributed by atoms with E-state index in [4.69, 9.17) is 0 Å². The van der Waals surface area contributed by atoms with E-state index in [1.54, 1.807) is 0 Å². The van der Waals surface area contributed by atoms with Crippen molar-refractivity contribution in [3.05, 3.63) is 24.3 Å². The summed E-state index contributed by atoms with van der Waals surface area (Å²) in [5.74, 6) is -0.292. The summed E-state index contributed by atoms with van der Waals surface area (Å²) in [4.78, 5) is 24.7. The number of nitrogens with one attached hydrogen (secondary N) is 1. The standard InChI is InChI=1S/C40H73NO2/c1-3-5-7-9-11-13-15-17-19-21-23-25-27-29-31-33-35-40(37-38(42)41-39(40)43)36-34-32-30-28-26-24-22-20-18-16-14-12-10-8-6-4-2/h33-36H,3-32,37H2,1-2H3,(H,41,42,43). The van der Waals surface area contributed by atoms with E-state index in [2.05, 4.69) is 31.3 Å². The van der Waals surface area contributed by atoms with Crippen molar-refractivity contribution in [3.63, 3.8) is 0 Å². The second kappa shape index (κ2) is 29.3. The fraction of sp³-hybridized carbons (Fsp3) is 0.850. The zero-order chi connectivity index (χ0) is 31.1. The molecular weight excluding hydrogens is 526 g/mol. The van der Waals surface area contributed by atoms with Crippen LogP contribution in [0.5, 0.6) is 0 Å². The van der Waals surface area contributed by atoms with E-state index in [1.165, 1.54) is 180 Å². The minimum absolute atomic E-state index is 0.146. The highest BCUT2D eigenvalue weighted by molar-refractivity contribution is 6.08. The zero-order valence-electron chi connectivity index (χ0n) is 29.0. The second-order valence-corrected chi connectivity index (χ2v) is 13.7. The lowest BCUT2D eigenvalue weighted by Crippen LogP contribution is -2.28. The van der Waals surface area contributed by atoms with E-state index in [9.17, 15) is 9.59 Å². The molecule has 0 spiro atoms. The van der Waals surface area contributed by atoms with Gasteiger partial charge >= 0.3 is 0 Å². The fourth-order valence-corrected chi connectivity index (χ4v) is 6.46. The molecule has 0 aliphatic carbocycles. The minimum Gasteiger partial charge on any atom is -0.295 e. The van der Waals surface area contributed by atoms with Crippen molar-refractivity contribution >= 4 is 11.8 Å². The number of rotatable bonds is 32. The van der Waals surface area contributed by atoms with Gasteiger partial charge in [-0.2, -0.15) is 0 Å². The monoisotopic (exact) mass is 600 g/mol. The number of allylic oxidation sites excluding steroid dienone is 2. The Kier molecular flexibility index (Phi) is 27.0. The van der Waals surface area contributed by atoms with Crippen molar-refractivity contribution in [1.29, 1.82) is 0 Å². The van der Waals surface area contributed by atoms with E-state index < -0.39 is 5.41 Å². The van der Waals surface area contributed by atoms with E-state index in [0.29, 0.717) is 0 Å². The zero-order valence-corrected chi connectivity index (χ0v) is 29.0. The third-order valence-corrected chi connectivity index (χ3v) is 9.41. The third kappa shape index (κ3) is 22.7. The van der Waals surface area contributed by atoms with Crippen LogP contribution in [-0.2, 0) is 9.59 Å². The molecule has 1 aliphatic rings. The van der Waals surface area contributed by atoms with Crippen LogP contribution >= 0.6 is 0 Å². The minimum atomic E-state index is -0.761. The van der Waals surface area contributed by atoms with Gasteiger partial charge in [-0.25, -0.2) is 0 Å². The van der Waals surface area contributed by atoms with Gasteiger partial charge in [-0.15, -0.1) is 0 Å². The molecule has 0 bridgehead atoms. The second-order valence-electron chi connectivity index (χ2n) is 13.7. The summed E-state index contributed by atoms with van der Waals surface area (Å²) in [6.07, 6.45) is 48.9. The molecule has 3 heteroatoms. The fourth-order valence-electron chi connectivity index (χ4n) is 6.46. The van der Waals surface area contributed by atoms with Gasteiger partial charge in [-0.1, -0.05) is 205 Å². The van der Waals surface area contributed by atoms with E-state index in [-0.39, 0.29) is 18.2 Å². The smallest absolute Gasteiger partial charge is 0.240 e. The molecule has 2 amide bonds. The Morgan fingerprint density at radius 1 is 0.465 bits per heavy atom. The van der Waals surface area contributed by atoms with Crippen LogP contribution in [-0.4, -0.2) is 11.8 Å². The van der Waals surface area contributed by atoms with Crippen molar-refractivity contribution in [1.82, 2.24) is 5.32 Å². The van der Waals surface area contributed by atoms with Crippen molar-refractivity contribution in [2.45, 2.75) is 213 Å². The number of carbonyl (C=O) groups is 2. The Morgan fingerprint density at radius 3 is 1.00 bits per heavy atom. The molecule has 0 unspecified atom stereocenters. The summed E-state index contributed by atoms with van der Waals surface area (Å²) in [5, 5.41) is 2.54. The molecule has 1 rings (SSSR count). The number of amides is 2. The number of carbonyl (C=O) groups excluding carboxylic acids is 2. The molecule has 1 heterocycles. The van der Waals surface area contributed by atoms with E-state index in [1.807, 2.05) is 12.2 Å². The van der Waals surface area contributed by atoms with Crippen LogP contribution in [0.4, 0.5) is 0 Å². The highest BCUT2D eigenvalue weighted by Crippen LogP contribution is 2.32. The first kappa shape index (κ1) is 39.6. The van der Waals surface area contributed by atoms with Crippen molar-refractivity contribution < 1.29 is 9.59 Å². The van der Waals surface area contributed by atoms with Crippen LogP contribution in [0.2, 0.25) is 0 Å². The van der Waals surface area contributed by atoms with Gasteiger partial charge in [0.2, 0.25) is 11.8 Å². The summed E-state index contributed by atoms with van der Waals surface area (Å²) in [7, 11) is 0. The summed E-state index contributed by atoms with van der Waals surface area (Å²) >= 11 is 0. The van der Waals surface area contributed by atoms with Crippen LogP contribution in [0.1, 0.15) is 213 Å². The number of hydrogen-bond donors (Lipinski definition) is 1. The molecule has 3 nitrogen and oxygen atoms in total.